The summed E-state index contributed by atoms with van der Waals surface area (Å²) in [6, 6.07) is 14.2. The number of hydrogen-bond donors (Lipinski definition) is 0. The van der Waals surface area contributed by atoms with Crippen LogP contribution in [0.1, 0.15) is 17.2 Å². The molecule has 0 aliphatic heterocycles. The Balaban J connectivity index is 2.06. The third-order valence-electron chi connectivity index (χ3n) is 2.73. The van der Waals surface area contributed by atoms with E-state index in [1.165, 1.54) is 6.07 Å². The summed E-state index contributed by atoms with van der Waals surface area (Å²) in [5.74, 6) is -0.227. The molecule has 0 aliphatic rings. The first-order valence-corrected chi connectivity index (χ1v) is 7.77. The van der Waals surface area contributed by atoms with E-state index in [9.17, 15) is 4.39 Å². The van der Waals surface area contributed by atoms with Gasteiger partial charge in [-0.1, -0.05) is 64.5 Å². The summed E-state index contributed by atoms with van der Waals surface area (Å²) in [6.07, 6.45) is -0.249. The van der Waals surface area contributed by atoms with E-state index in [1.54, 1.807) is 12.1 Å². The summed E-state index contributed by atoms with van der Waals surface area (Å²) >= 11 is 8.12. The first-order valence-electron chi connectivity index (χ1n) is 5.87. The lowest BCUT2D eigenvalue weighted by Gasteiger charge is -2.16. The van der Waals surface area contributed by atoms with E-state index >= 15 is 0 Å². The van der Waals surface area contributed by atoms with Crippen LogP contribution in [-0.4, -0.2) is 4.43 Å². The van der Waals surface area contributed by atoms with Gasteiger partial charge < -0.3 is 4.74 Å². The number of rotatable bonds is 5. The van der Waals surface area contributed by atoms with Crippen molar-refractivity contribution in [3.8, 4) is 0 Å². The Hall–Kier alpha value is -0.650. The maximum absolute atomic E-state index is 13.7. The molecule has 0 spiro atoms. The highest BCUT2D eigenvalue weighted by Crippen LogP contribution is 2.24. The monoisotopic (exact) mass is 390 g/mol. The molecule has 4 heteroatoms. The van der Waals surface area contributed by atoms with Crippen molar-refractivity contribution in [3.63, 3.8) is 0 Å². The summed E-state index contributed by atoms with van der Waals surface area (Å²) in [4.78, 5) is 0. The molecule has 0 amide bonds. The zero-order valence-electron chi connectivity index (χ0n) is 10.2. The summed E-state index contributed by atoms with van der Waals surface area (Å²) in [5, 5.41) is 0.679. The van der Waals surface area contributed by atoms with Gasteiger partial charge in [-0.25, -0.2) is 4.39 Å². The molecule has 0 radical (unpaired) electrons. The molecule has 0 saturated heterocycles. The van der Waals surface area contributed by atoms with E-state index in [0.717, 1.165) is 5.56 Å². The van der Waals surface area contributed by atoms with Gasteiger partial charge in [-0.15, -0.1) is 0 Å². The van der Waals surface area contributed by atoms with Crippen LogP contribution in [-0.2, 0) is 11.3 Å². The van der Waals surface area contributed by atoms with Gasteiger partial charge in [0, 0.05) is 15.0 Å². The van der Waals surface area contributed by atoms with Crippen LogP contribution in [0, 0.1) is 5.82 Å². The quantitative estimate of drug-likeness (QED) is 0.505. The Bertz CT molecular complexity index is 547. The highest BCUT2D eigenvalue weighted by atomic mass is 127. The number of halogens is 3. The van der Waals surface area contributed by atoms with Gasteiger partial charge in [0.2, 0.25) is 0 Å². The molecule has 1 atom stereocenters. The Morgan fingerprint density at radius 3 is 2.63 bits per heavy atom. The molecule has 100 valence electrons. The second-order valence-electron chi connectivity index (χ2n) is 4.11. The van der Waals surface area contributed by atoms with Crippen LogP contribution in [0.15, 0.2) is 48.5 Å². The van der Waals surface area contributed by atoms with Crippen LogP contribution in [0.25, 0.3) is 0 Å². The Labute approximate surface area is 130 Å². The number of hydrogen-bond acceptors (Lipinski definition) is 1. The van der Waals surface area contributed by atoms with E-state index in [-0.39, 0.29) is 11.9 Å². The van der Waals surface area contributed by atoms with E-state index in [2.05, 4.69) is 22.6 Å². The van der Waals surface area contributed by atoms with Gasteiger partial charge in [-0.3, -0.25) is 0 Å². The zero-order chi connectivity index (χ0) is 13.7. The van der Waals surface area contributed by atoms with Crippen molar-refractivity contribution in [3.05, 3.63) is 70.5 Å². The Morgan fingerprint density at radius 2 is 1.95 bits per heavy atom. The van der Waals surface area contributed by atoms with Gasteiger partial charge in [-0.2, -0.15) is 0 Å². The van der Waals surface area contributed by atoms with Crippen molar-refractivity contribution in [1.29, 1.82) is 0 Å². The van der Waals surface area contributed by atoms with Crippen molar-refractivity contribution < 1.29 is 9.13 Å². The second kappa shape index (κ2) is 7.22. The minimum Gasteiger partial charge on any atom is -0.368 e. The third-order valence-corrected chi connectivity index (χ3v) is 3.77. The lowest BCUT2D eigenvalue weighted by Crippen LogP contribution is -2.08. The minimum atomic E-state index is -0.249. The summed E-state index contributed by atoms with van der Waals surface area (Å²) in [5.41, 5.74) is 1.58. The first kappa shape index (κ1) is 14.8. The number of benzene rings is 2. The molecule has 0 fully saturated rings. The van der Waals surface area contributed by atoms with Crippen LogP contribution < -0.4 is 0 Å². The maximum atomic E-state index is 13.7. The van der Waals surface area contributed by atoms with E-state index in [0.29, 0.717) is 21.6 Å². The Morgan fingerprint density at radius 1 is 1.16 bits per heavy atom. The highest BCUT2D eigenvalue weighted by molar-refractivity contribution is 14.1. The smallest absolute Gasteiger partial charge is 0.129 e. The molecule has 0 aromatic heterocycles. The van der Waals surface area contributed by atoms with E-state index in [1.807, 2.05) is 30.3 Å². The Kier molecular flexibility index (Phi) is 5.60. The summed E-state index contributed by atoms with van der Waals surface area (Å²) in [7, 11) is 0. The molecular weight excluding hydrogens is 378 g/mol. The molecule has 2 aromatic carbocycles. The molecule has 1 nitrogen and oxygen atoms in total. The predicted molar refractivity (Wildman–Crippen MR) is 84.3 cm³/mol. The summed E-state index contributed by atoms with van der Waals surface area (Å²) < 4.78 is 20.2. The molecule has 0 bridgehead atoms. The molecule has 2 aromatic rings. The first-order chi connectivity index (χ1) is 9.20. The normalized spacial score (nSPS) is 12.4. The van der Waals surface area contributed by atoms with E-state index < -0.39 is 0 Å². The fourth-order valence-corrected chi connectivity index (χ4v) is 2.72. The average Bonchev–Trinajstić information content (AvgIpc) is 2.41. The van der Waals surface area contributed by atoms with Crippen molar-refractivity contribution in [2.24, 2.45) is 0 Å². The number of alkyl halides is 1. The standard InChI is InChI=1S/C15H13ClFIO/c16-12-5-3-4-11(8-12)10-19-15(9-18)13-6-1-2-7-14(13)17/h1-8,15H,9-10H2. The van der Waals surface area contributed by atoms with Crippen LogP contribution in [0.4, 0.5) is 4.39 Å². The third kappa shape index (κ3) is 4.16. The number of ether oxygens (including phenoxy) is 1. The highest BCUT2D eigenvalue weighted by Gasteiger charge is 2.14. The van der Waals surface area contributed by atoms with Gasteiger partial charge in [0.25, 0.3) is 0 Å². The van der Waals surface area contributed by atoms with Gasteiger partial charge in [0.1, 0.15) is 5.82 Å². The topological polar surface area (TPSA) is 9.23 Å². The molecular formula is C15H13ClFIO. The van der Waals surface area contributed by atoms with Gasteiger partial charge in [0.15, 0.2) is 0 Å². The minimum absolute atomic E-state index is 0.227. The fraction of sp³-hybridized carbons (Fsp3) is 0.200. The largest absolute Gasteiger partial charge is 0.368 e. The van der Waals surface area contributed by atoms with E-state index in [4.69, 9.17) is 16.3 Å². The van der Waals surface area contributed by atoms with Gasteiger partial charge in [-0.05, 0) is 23.8 Å². The second-order valence-corrected chi connectivity index (χ2v) is 5.42. The lowest BCUT2D eigenvalue weighted by atomic mass is 10.1. The molecule has 0 saturated carbocycles. The van der Waals surface area contributed by atoms with Gasteiger partial charge in [0.05, 0.1) is 12.7 Å². The molecule has 0 N–H and O–H groups in total. The molecule has 0 aliphatic carbocycles. The SMILES string of the molecule is Fc1ccccc1C(CI)OCc1cccc(Cl)c1. The molecule has 0 heterocycles. The fourth-order valence-electron chi connectivity index (χ4n) is 1.78. The van der Waals surface area contributed by atoms with Crippen molar-refractivity contribution in [2.75, 3.05) is 4.43 Å². The lowest BCUT2D eigenvalue weighted by molar-refractivity contribution is 0.0554. The van der Waals surface area contributed by atoms with Gasteiger partial charge >= 0.3 is 0 Å². The predicted octanol–water partition coefficient (Wildman–Crippen LogP) is 5.17. The average molecular weight is 391 g/mol. The van der Waals surface area contributed by atoms with Crippen molar-refractivity contribution in [2.45, 2.75) is 12.7 Å². The molecule has 19 heavy (non-hydrogen) atoms. The molecule has 2 rings (SSSR count). The van der Waals surface area contributed by atoms with Crippen LogP contribution in [0.5, 0.6) is 0 Å². The van der Waals surface area contributed by atoms with Crippen LogP contribution in [0.2, 0.25) is 5.02 Å². The van der Waals surface area contributed by atoms with Crippen molar-refractivity contribution >= 4 is 34.2 Å². The van der Waals surface area contributed by atoms with Crippen LogP contribution in [0.3, 0.4) is 0 Å². The summed E-state index contributed by atoms with van der Waals surface area (Å²) in [6.45, 7) is 0.419. The zero-order valence-corrected chi connectivity index (χ0v) is 13.1. The molecule has 1 unspecified atom stereocenters. The maximum Gasteiger partial charge on any atom is 0.129 e. The van der Waals surface area contributed by atoms with Crippen LogP contribution >= 0.6 is 34.2 Å². The van der Waals surface area contributed by atoms with Crippen molar-refractivity contribution in [1.82, 2.24) is 0 Å².